The Morgan fingerprint density at radius 1 is 1.50 bits per heavy atom. The zero-order valence-electron chi connectivity index (χ0n) is 11.1. The minimum absolute atomic E-state index is 0.133. The molecule has 0 aromatic carbocycles. The molecule has 0 spiro atoms. The molecule has 3 N–H and O–H groups in total. The van der Waals surface area contributed by atoms with Gasteiger partial charge in [0.2, 0.25) is 0 Å². The first kappa shape index (κ1) is 12.2. The van der Waals surface area contributed by atoms with Crippen molar-refractivity contribution in [2.24, 2.45) is 23.0 Å². The number of fused-ring (bicyclic) bond motifs is 2. The van der Waals surface area contributed by atoms with Gasteiger partial charge in [0.1, 0.15) is 17.6 Å². The Hall–Kier alpha value is -0.800. The van der Waals surface area contributed by atoms with Crippen molar-refractivity contribution < 1.29 is 9.52 Å². The smallest absolute Gasteiger partial charge is 0.133 e. The molecular formula is C15H23NO2. The molecule has 3 rings (SSSR count). The Morgan fingerprint density at radius 2 is 2.33 bits per heavy atom. The van der Waals surface area contributed by atoms with E-state index in [1.165, 1.54) is 19.3 Å². The molecule has 1 heterocycles. The highest BCUT2D eigenvalue weighted by Crippen LogP contribution is 2.60. The van der Waals surface area contributed by atoms with Crippen LogP contribution in [-0.2, 0) is 6.42 Å². The molecule has 4 atom stereocenters. The van der Waals surface area contributed by atoms with E-state index < -0.39 is 6.10 Å². The Morgan fingerprint density at radius 3 is 2.83 bits per heavy atom. The third kappa shape index (κ3) is 1.64. The van der Waals surface area contributed by atoms with Crippen LogP contribution >= 0.6 is 0 Å². The predicted octanol–water partition coefficient (Wildman–Crippen LogP) is 2.64. The van der Waals surface area contributed by atoms with Gasteiger partial charge < -0.3 is 15.3 Å². The van der Waals surface area contributed by atoms with Crippen LogP contribution in [0.1, 0.15) is 50.2 Å². The van der Waals surface area contributed by atoms with Crippen LogP contribution < -0.4 is 5.73 Å². The fraction of sp³-hybridized carbons (Fsp3) is 0.733. The van der Waals surface area contributed by atoms with E-state index in [1.54, 1.807) is 0 Å². The number of hydrogen-bond acceptors (Lipinski definition) is 3. The summed E-state index contributed by atoms with van der Waals surface area (Å²) in [7, 11) is 0. The van der Waals surface area contributed by atoms with Gasteiger partial charge in [0.25, 0.3) is 0 Å². The third-order valence-electron chi connectivity index (χ3n) is 5.25. The van der Waals surface area contributed by atoms with Gasteiger partial charge in [-0.1, -0.05) is 13.3 Å². The van der Waals surface area contributed by atoms with E-state index >= 15 is 0 Å². The highest BCUT2D eigenvalue weighted by atomic mass is 16.4. The van der Waals surface area contributed by atoms with Crippen LogP contribution in [0.15, 0.2) is 16.5 Å². The average molecular weight is 249 g/mol. The van der Waals surface area contributed by atoms with Gasteiger partial charge in [0, 0.05) is 18.4 Å². The van der Waals surface area contributed by atoms with Crippen molar-refractivity contribution in [2.75, 3.05) is 6.54 Å². The van der Waals surface area contributed by atoms with Crippen LogP contribution in [0.5, 0.6) is 0 Å². The SMILES string of the molecule is CCc1ccc(C(O)C2(CN)CC3CCC2C3)o1. The first-order chi connectivity index (χ1) is 8.69. The number of nitrogens with two attached hydrogens (primary N) is 1. The summed E-state index contributed by atoms with van der Waals surface area (Å²) in [6.07, 6.45) is 5.19. The molecule has 2 aliphatic rings. The first-order valence-corrected chi connectivity index (χ1v) is 7.16. The summed E-state index contributed by atoms with van der Waals surface area (Å²) in [5.41, 5.74) is 5.90. The van der Waals surface area contributed by atoms with Gasteiger partial charge >= 0.3 is 0 Å². The molecule has 1 aromatic heterocycles. The number of aliphatic hydroxyl groups excluding tert-OH is 1. The van der Waals surface area contributed by atoms with Gasteiger partial charge in [-0.2, -0.15) is 0 Å². The van der Waals surface area contributed by atoms with E-state index in [1.807, 2.05) is 12.1 Å². The van der Waals surface area contributed by atoms with Crippen molar-refractivity contribution in [1.82, 2.24) is 0 Å². The van der Waals surface area contributed by atoms with Gasteiger partial charge in [-0.05, 0) is 43.2 Å². The molecule has 4 unspecified atom stereocenters. The molecular weight excluding hydrogens is 226 g/mol. The predicted molar refractivity (Wildman–Crippen MR) is 70.0 cm³/mol. The van der Waals surface area contributed by atoms with Crippen LogP contribution in [0.4, 0.5) is 0 Å². The lowest BCUT2D eigenvalue weighted by molar-refractivity contribution is -0.0265. The van der Waals surface area contributed by atoms with Gasteiger partial charge in [0.15, 0.2) is 0 Å². The highest BCUT2D eigenvalue weighted by Gasteiger charge is 2.54. The lowest BCUT2D eigenvalue weighted by atomic mass is 9.68. The molecule has 18 heavy (non-hydrogen) atoms. The maximum absolute atomic E-state index is 10.7. The van der Waals surface area contributed by atoms with Crippen LogP contribution in [0.25, 0.3) is 0 Å². The van der Waals surface area contributed by atoms with Gasteiger partial charge in [-0.25, -0.2) is 0 Å². The topological polar surface area (TPSA) is 59.4 Å². The molecule has 2 saturated carbocycles. The fourth-order valence-electron chi connectivity index (χ4n) is 4.20. The Kier molecular flexibility index (Phi) is 2.99. The second kappa shape index (κ2) is 4.39. The second-order valence-electron chi connectivity index (χ2n) is 6.08. The number of rotatable bonds is 4. The number of furan rings is 1. The Bertz CT molecular complexity index is 428. The van der Waals surface area contributed by atoms with E-state index in [0.717, 1.165) is 24.5 Å². The molecule has 3 heteroatoms. The maximum atomic E-state index is 10.7. The van der Waals surface area contributed by atoms with Crippen LogP contribution in [-0.4, -0.2) is 11.7 Å². The molecule has 2 aliphatic carbocycles. The first-order valence-electron chi connectivity index (χ1n) is 7.16. The van der Waals surface area contributed by atoms with Crippen molar-refractivity contribution in [3.63, 3.8) is 0 Å². The largest absolute Gasteiger partial charge is 0.463 e. The molecule has 2 fully saturated rings. The van der Waals surface area contributed by atoms with Crippen molar-refractivity contribution >= 4 is 0 Å². The van der Waals surface area contributed by atoms with E-state index in [4.69, 9.17) is 10.2 Å². The molecule has 0 amide bonds. The molecule has 1 aromatic rings. The number of hydrogen-bond donors (Lipinski definition) is 2. The molecule has 0 aliphatic heterocycles. The standard InChI is InChI=1S/C15H23NO2/c1-2-12-5-6-13(18-12)14(17)15(9-16)8-10-3-4-11(15)7-10/h5-6,10-11,14,17H,2-4,7-9,16H2,1H3. The minimum atomic E-state index is -0.530. The summed E-state index contributed by atoms with van der Waals surface area (Å²) in [6, 6.07) is 3.89. The van der Waals surface area contributed by atoms with Crippen molar-refractivity contribution in [3.05, 3.63) is 23.7 Å². The monoisotopic (exact) mass is 249 g/mol. The molecule has 100 valence electrons. The van der Waals surface area contributed by atoms with E-state index in [-0.39, 0.29) is 5.41 Å². The van der Waals surface area contributed by atoms with Gasteiger partial charge in [0.05, 0.1) is 0 Å². The van der Waals surface area contributed by atoms with Crippen LogP contribution in [0, 0.1) is 17.3 Å². The molecule has 0 saturated heterocycles. The van der Waals surface area contributed by atoms with E-state index in [2.05, 4.69) is 6.92 Å². The normalized spacial score (nSPS) is 36.2. The molecule has 0 radical (unpaired) electrons. The lowest BCUT2D eigenvalue weighted by Crippen LogP contribution is -2.41. The number of aliphatic hydroxyl groups is 1. The fourth-order valence-corrected chi connectivity index (χ4v) is 4.20. The second-order valence-corrected chi connectivity index (χ2v) is 6.08. The van der Waals surface area contributed by atoms with Crippen LogP contribution in [0.2, 0.25) is 0 Å². The average Bonchev–Trinajstić information content (AvgIpc) is 3.12. The van der Waals surface area contributed by atoms with Gasteiger partial charge in [-0.15, -0.1) is 0 Å². The van der Waals surface area contributed by atoms with Crippen LogP contribution in [0.3, 0.4) is 0 Å². The third-order valence-corrected chi connectivity index (χ3v) is 5.25. The zero-order valence-corrected chi connectivity index (χ0v) is 11.1. The zero-order chi connectivity index (χ0) is 12.8. The maximum Gasteiger partial charge on any atom is 0.133 e. The summed E-state index contributed by atoms with van der Waals surface area (Å²) in [4.78, 5) is 0. The molecule has 2 bridgehead atoms. The van der Waals surface area contributed by atoms with E-state index in [0.29, 0.717) is 18.2 Å². The van der Waals surface area contributed by atoms with E-state index in [9.17, 15) is 5.11 Å². The van der Waals surface area contributed by atoms with Crippen molar-refractivity contribution in [2.45, 2.75) is 45.1 Å². The highest BCUT2D eigenvalue weighted by molar-refractivity contribution is 5.16. The summed E-state index contributed by atoms with van der Waals surface area (Å²) >= 11 is 0. The quantitative estimate of drug-likeness (QED) is 0.862. The van der Waals surface area contributed by atoms with Crippen molar-refractivity contribution in [3.8, 4) is 0 Å². The minimum Gasteiger partial charge on any atom is -0.463 e. The van der Waals surface area contributed by atoms with Crippen molar-refractivity contribution in [1.29, 1.82) is 0 Å². The molecule has 3 nitrogen and oxygen atoms in total. The Balaban J connectivity index is 1.87. The summed E-state index contributed by atoms with van der Waals surface area (Å²) in [6.45, 7) is 2.63. The summed E-state index contributed by atoms with van der Waals surface area (Å²) in [5.74, 6) is 3.01. The number of aryl methyl sites for hydroxylation is 1. The summed E-state index contributed by atoms with van der Waals surface area (Å²) < 4.78 is 5.74. The lowest BCUT2D eigenvalue weighted by Gasteiger charge is -2.39. The summed E-state index contributed by atoms with van der Waals surface area (Å²) in [5, 5.41) is 10.7. The van der Waals surface area contributed by atoms with Gasteiger partial charge in [-0.3, -0.25) is 0 Å². The Labute approximate surface area is 108 Å².